The zero-order valence-electron chi connectivity index (χ0n) is 11.2. The average molecular weight is 270 g/mol. The van der Waals surface area contributed by atoms with E-state index in [0.717, 1.165) is 18.9 Å². The summed E-state index contributed by atoms with van der Waals surface area (Å²) in [6, 6.07) is 4.09. The molecule has 0 spiro atoms. The van der Waals surface area contributed by atoms with E-state index in [1.54, 1.807) is 0 Å². The molecule has 1 saturated heterocycles. The van der Waals surface area contributed by atoms with E-state index in [2.05, 4.69) is 6.92 Å². The Bertz CT molecular complexity index is 434. The van der Waals surface area contributed by atoms with E-state index >= 15 is 0 Å². The van der Waals surface area contributed by atoms with Gasteiger partial charge in [-0.1, -0.05) is 25.5 Å². The van der Waals surface area contributed by atoms with Crippen molar-refractivity contribution in [2.24, 2.45) is 0 Å². The van der Waals surface area contributed by atoms with E-state index in [9.17, 15) is 13.9 Å². The van der Waals surface area contributed by atoms with Gasteiger partial charge in [0.1, 0.15) is 0 Å². The molecular formula is C15H20F2O2. The van der Waals surface area contributed by atoms with Crippen LogP contribution >= 0.6 is 0 Å². The first-order valence-corrected chi connectivity index (χ1v) is 6.81. The predicted molar refractivity (Wildman–Crippen MR) is 68.9 cm³/mol. The van der Waals surface area contributed by atoms with Crippen molar-refractivity contribution in [3.63, 3.8) is 0 Å². The standard InChI is InChI=1S/C15H20F2O2/c1-2-4-12-10-15(18,7-8-19-12)9-11-5-3-6-13(16)14(11)17/h3,5-6,12,18H,2,4,7-10H2,1H3. The fraction of sp³-hybridized carbons (Fsp3) is 0.600. The number of hydrogen-bond acceptors (Lipinski definition) is 2. The van der Waals surface area contributed by atoms with Gasteiger partial charge < -0.3 is 9.84 Å². The topological polar surface area (TPSA) is 29.5 Å². The van der Waals surface area contributed by atoms with Gasteiger partial charge in [-0.2, -0.15) is 0 Å². The Morgan fingerprint density at radius 1 is 1.42 bits per heavy atom. The lowest BCUT2D eigenvalue weighted by Crippen LogP contribution is -2.42. The lowest BCUT2D eigenvalue weighted by molar-refractivity contribution is -0.105. The van der Waals surface area contributed by atoms with Crippen LogP contribution in [0.2, 0.25) is 0 Å². The van der Waals surface area contributed by atoms with Crippen molar-refractivity contribution in [1.29, 1.82) is 0 Å². The Labute approximate surface area is 112 Å². The van der Waals surface area contributed by atoms with Crippen LogP contribution in [0.4, 0.5) is 8.78 Å². The van der Waals surface area contributed by atoms with Crippen molar-refractivity contribution in [1.82, 2.24) is 0 Å². The highest BCUT2D eigenvalue weighted by atomic mass is 19.2. The number of rotatable bonds is 4. The van der Waals surface area contributed by atoms with Gasteiger partial charge in [0.15, 0.2) is 11.6 Å². The fourth-order valence-electron chi connectivity index (χ4n) is 2.71. The van der Waals surface area contributed by atoms with Crippen molar-refractivity contribution in [3.05, 3.63) is 35.4 Å². The van der Waals surface area contributed by atoms with E-state index in [4.69, 9.17) is 4.74 Å². The number of hydrogen-bond donors (Lipinski definition) is 1. The molecule has 106 valence electrons. The molecule has 1 aliphatic rings. The normalized spacial score (nSPS) is 27.5. The summed E-state index contributed by atoms with van der Waals surface area (Å²) in [5.74, 6) is -1.72. The van der Waals surface area contributed by atoms with Gasteiger partial charge in [0.05, 0.1) is 11.7 Å². The Hall–Kier alpha value is -1.00. The summed E-state index contributed by atoms with van der Waals surface area (Å²) in [6.07, 6.45) is 2.96. The van der Waals surface area contributed by atoms with Gasteiger partial charge in [-0.25, -0.2) is 8.78 Å². The van der Waals surface area contributed by atoms with Crippen molar-refractivity contribution >= 4 is 0 Å². The minimum absolute atomic E-state index is 0.0142. The average Bonchev–Trinajstić information content (AvgIpc) is 2.35. The second-order valence-electron chi connectivity index (χ2n) is 5.35. The van der Waals surface area contributed by atoms with Crippen LogP contribution in [-0.4, -0.2) is 23.4 Å². The van der Waals surface area contributed by atoms with Crippen LogP contribution in [0.25, 0.3) is 0 Å². The lowest BCUT2D eigenvalue weighted by atomic mass is 9.83. The number of halogens is 2. The third-order valence-corrected chi connectivity index (χ3v) is 3.69. The monoisotopic (exact) mass is 270 g/mol. The number of benzene rings is 1. The summed E-state index contributed by atoms with van der Waals surface area (Å²) in [4.78, 5) is 0. The zero-order chi connectivity index (χ0) is 13.9. The Balaban J connectivity index is 2.10. The lowest BCUT2D eigenvalue weighted by Gasteiger charge is -2.37. The second-order valence-corrected chi connectivity index (χ2v) is 5.35. The minimum Gasteiger partial charge on any atom is -0.389 e. The molecule has 1 heterocycles. The quantitative estimate of drug-likeness (QED) is 0.910. The van der Waals surface area contributed by atoms with E-state index < -0.39 is 17.2 Å². The summed E-state index contributed by atoms with van der Waals surface area (Å²) in [5, 5.41) is 10.6. The van der Waals surface area contributed by atoms with Crippen molar-refractivity contribution in [2.45, 2.75) is 50.7 Å². The summed E-state index contributed by atoms with van der Waals surface area (Å²) in [6.45, 7) is 2.53. The highest BCUT2D eigenvalue weighted by Crippen LogP contribution is 2.31. The van der Waals surface area contributed by atoms with Gasteiger partial charge in [-0.15, -0.1) is 0 Å². The molecule has 0 saturated carbocycles. The molecule has 2 unspecified atom stereocenters. The molecule has 19 heavy (non-hydrogen) atoms. The van der Waals surface area contributed by atoms with Gasteiger partial charge in [-0.3, -0.25) is 0 Å². The maximum absolute atomic E-state index is 13.7. The summed E-state index contributed by atoms with van der Waals surface area (Å²) in [7, 11) is 0. The Morgan fingerprint density at radius 3 is 2.95 bits per heavy atom. The molecule has 0 bridgehead atoms. The second kappa shape index (κ2) is 5.97. The molecule has 1 aromatic rings. The summed E-state index contributed by atoms with van der Waals surface area (Å²) >= 11 is 0. The highest BCUT2D eigenvalue weighted by molar-refractivity contribution is 5.21. The fourth-order valence-corrected chi connectivity index (χ4v) is 2.71. The Kier molecular flexibility index (Phi) is 4.53. The largest absolute Gasteiger partial charge is 0.389 e. The van der Waals surface area contributed by atoms with Gasteiger partial charge >= 0.3 is 0 Å². The summed E-state index contributed by atoms with van der Waals surface area (Å²) < 4.78 is 32.4. The first-order chi connectivity index (χ1) is 9.04. The van der Waals surface area contributed by atoms with E-state index in [-0.39, 0.29) is 18.1 Å². The molecular weight excluding hydrogens is 250 g/mol. The molecule has 1 aromatic carbocycles. The molecule has 0 aliphatic carbocycles. The van der Waals surface area contributed by atoms with Gasteiger partial charge in [0.25, 0.3) is 0 Å². The molecule has 0 aromatic heterocycles. The molecule has 2 atom stereocenters. The molecule has 2 rings (SSSR count). The van der Waals surface area contributed by atoms with Crippen LogP contribution in [0.5, 0.6) is 0 Å². The first-order valence-electron chi connectivity index (χ1n) is 6.81. The van der Waals surface area contributed by atoms with Crippen LogP contribution in [-0.2, 0) is 11.2 Å². The van der Waals surface area contributed by atoms with E-state index in [1.165, 1.54) is 12.1 Å². The number of aliphatic hydroxyl groups is 1. The SMILES string of the molecule is CCCC1CC(O)(Cc2cccc(F)c2F)CCO1. The zero-order valence-corrected chi connectivity index (χ0v) is 11.2. The maximum atomic E-state index is 13.7. The van der Waals surface area contributed by atoms with Gasteiger partial charge in [-0.05, 0) is 24.5 Å². The van der Waals surface area contributed by atoms with Crippen LogP contribution < -0.4 is 0 Å². The summed E-state index contributed by atoms with van der Waals surface area (Å²) in [5.41, 5.74) is -0.758. The van der Waals surface area contributed by atoms with Crippen molar-refractivity contribution < 1.29 is 18.6 Å². The van der Waals surface area contributed by atoms with Crippen LogP contribution in [0.1, 0.15) is 38.2 Å². The Morgan fingerprint density at radius 2 is 2.21 bits per heavy atom. The van der Waals surface area contributed by atoms with E-state index in [0.29, 0.717) is 19.4 Å². The highest BCUT2D eigenvalue weighted by Gasteiger charge is 2.35. The molecule has 1 aliphatic heterocycles. The van der Waals surface area contributed by atoms with Crippen molar-refractivity contribution in [3.8, 4) is 0 Å². The van der Waals surface area contributed by atoms with Crippen LogP contribution in [0.15, 0.2) is 18.2 Å². The van der Waals surface area contributed by atoms with Crippen LogP contribution in [0, 0.1) is 11.6 Å². The first kappa shape index (κ1) is 14.4. The molecule has 1 fully saturated rings. The molecule has 0 radical (unpaired) electrons. The third-order valence-electron chi connectivity index (χ3n) is 3.69. The number of ether oxygens (including phenoxy) is 1. The van der Waals surface area contributed by atoms with Gasteiger partial charge in [0.2, 0.25) is 0 Å². The third kappa shape index (κ3) is 3.51. The smallest absolute Gasteiger partial charge is 0.162 e. The predicted octanol–water partition coefficient (Wildman–Crippen LogP) is 3.22. The van der Waals surface area contributed by atoms with E-state index in [1.807, 2.05) is 0 Å². The molecule has 4 heteroatoms. The maximum Gasteiger partial charge on any atom is 0.162 e. The molecule has 2 nitrogen and oxygen atoms in total. The van der Waals surface area contributed by atoms with Crippen LogP contribution in [0.3, 0.4) is 0 Å². The van der Waals surface area contributed by atoms with Gasteiger partial charge in [0, 0.05) is 19.4 Å². The van der Waals surface area contributed by atoms with Crippen molar-refractivity contribution in [2.75, 3.05) is 6.61 Å². The molecule has 1 N–H and O–H groups in total. The molecule has 0 amide bonds. The minimum atomic E-state index is -0.993.